The molecular formula is C26H27F3N4O7S3. The molecule has 0 bridgehead atoms. The van der Waals surface area contributed by atoms with Gasteiger partial charge in [0.25, 0.3) is 21.8 Å². The van der Waals surface area contributed by atoms with Crippen molar-refractivity contribution in [2.45, 2.75) is 35.0 Å². The lowest BCUT2D eigenvalue weighted by Crippen LogP contribution is -2.38. The third-order valence-electron chi connectivity index (χ3n) is 6.71. The Kier molecular flexibility index (Phi) is 9.39. The Morgan fingerprint density at radius 1 is 1.05 bits per heavy atom. The summed E-state index contributed by atoms with van der Waals surface area (Å²) in [6.07, 6.45) is 0.574. The molecule has 0 radical (unpaired) electrons. The fourth-order valence-corrected chi connectivity index (χ4v) is 8.33. The van der Waals surface area contributed by atoms with Crippen LogP contribution in [-0.4, -0.2) is 58.7 Å². The molecule has 4 N–H and O–H groups in total. The fourth-order valence-electron chi connectivity index (χ4n) is 4.52. The predicted molar refractivity (Wildman–Crippen MR) is 153 cm³/mol. The molecule has 43 heavy (non-hydrogen) atoms. The number of methoxy groups -OCH3 is 1. The van der Waals surface area contributed by atoms with Crippen molar-refractivity contribution in [1.82, 2.24) is 9.62 Å². The summed E-state index contributed by atoms with van der Waals surface area (Å²) in [6.45, 7) is 0.0000525. The number of amides is 2. The number of alkyl halides is 3. The number of halogens is 3. The smallest absolute Gasteiger partial charge is 0.497 e. The first-order valence-corrected chi connectivity index (χ1v) is 16.4. The van der Waals surface area contributed by atoms with E-state index in [2.05, 4.69) is 5.32 Å². The number of carbonyl (C=O) groups excluding carboxylic acids is 2. The van der Waals surface area contributed by atoms with Crippen molar-refractivity contribution in [3.05, 3.63) is 76.2 Å². The molecule has 1 aliphatic heterocycles. The van der Waals surface area contributed by atoms with E-state index >= 15 is 0 Å². The van der Waals surface area contributed by atoms with Gasteiger partial charge in [-0.3, -0.25) is 14.3 Å². The van der Waals surface area contributed by atoms with Gasteiger partial charge >= 0.3 is 15.5 Å². The first kappa shape index (κ1) is 32.2. The molecule has 0 spiro atoms. The molecule has 0 aliphatic carbocycles. The lowest BCUT2D eigenvalue weighted by molar-refractivity contribution is -0.0429. The highest BCUT2D eigenvalue weighted by Gasteiger charge is 2.46. The Bertz CT molecular complexity index is 1730. The summed E-state index contributed by atoms with van der Waals surface area (Å²) in [5, 5.41) is 2.68. The average Bonchev–Trinajstić information content (AvgIpc) is 3.41. The number of anilines is 1. The van der Waals surface area contributed by atoms with E-state index in [4.69, 9.17) is 10.5 Å². The third-order valence-corrected chi connectivity index (χ3v) is 11.4. The molecule has 232 valence electrons. The number of nitrogens with two attached hydrogens (primary N) is 1. The van der Waals surface area contributed by atoms with Gasteiger partial charge in [0.15, 0.2) is 0 Å². The van der Waals surface area contributed by atoms with Gasteiger partial charge in [0.1, 0.15) is 9.96 Å². The largest absolute Gasteiger partial charge is 0.516 e. The van der Waals surface area contributed by atoms with Gasteiger partial charge in [-0.15, -0.1) is 11.3 Å². The summed E-state index contributed by atoms with van der Waals surface area (Å²) >= 11 is 0.813. The lowest BCUT2D eigenvalue weighted by Gasteiger charge is -2.31. The van der Waals surface area contributed by atoms with Crippen molar-refractivity contribution in [3.63, 3.8) is 0 Å². The van der Waals surface area contributed by atoms with Gasteiger partial charge in [-0.25, -0.2) is 8.42 Å². The summed E-state index contributed by atoms with van der Waals surface area (Å²) in [4.78, 5) is 25.1. The quantitative estimate of drug-likeness (QED) is 0.299. The molecule has 2 heterocycles. The van der Waals surface area contributed by atoms with E-state index in [-0.39, 0.29) is 53.9 Å². The number of benzene rings is 2. The van der Waals surface area contributed by atoms with E-state index in [9.17, 15) is 39.6 Å². The number of hydrogen-bond acceptors (Lipinski definition) is 8. The molecule has 1 aromatic heterocycles. The van der Waals surface area contributed by atoms with Gasteiger partial charge in [0.05, 0.1) is 19.2 Å². The zero-order chi connectivity index (χ0) is 31.6. The van der Waals surface area contributed by atoms with Crippen molar-refractivity contribution >= 4 is 48.9 Å². The third kappa shape index (κ3) is 7.29. The monoisotopic (exact) mass is 660 g/mol. The fraction of sp³-hybridized carbons (Fsp3) is 0.308. The maximum atomic E-state index is 13.5. The molecule has 11 nitrogen and oxygen atoms in total. The summed E-state index contributed by atoms with van der Waals surface area (Å²) in [7, 11) is -8.30. The number of carbonyl (C=O) groups is 2. The second-order valence-corrected chi connectivity index (χ2v) is 14.5. The van der Waals surface area contributed by atoms with Gasteiger partial charge in [-0.05, 0) is 60.7 Å². The molecule has 2 amide bonds. The lowest BCUT2D eigenvalue weighted by atomic mass is 9.90. The van der Waals surface area contributed by atoms with E-state index in [1.54, 1.807) is 24.3 Å². The van der Waals surface area contributed by atoms with E-state index in [1.165, 1.54) is 46.5 Å². The maximum absolute atomic E-state index is 13.5. The molecule has 17 heteroatoms. The van der Waals surface area contributed by atoms with Crippen LogP contribution in [0.2, 0.25) is 0 Å². The summed E-state index contributed by atoms with van der Waals surface area (Å²) in [5.74, 6) is -1.17. The molecule has 1 fully saturated rings. The molecule has 1 saturated heterocycles. The second kappa shape index (κ2) is 12.5. The molecule has 4 rings (SSSR count). The van der Waals surface area contributed by atoms with Crippen LogP contribution in [0.5, 0.6) is 5.75 Å². The number of primary amides is 1. The average molecular weight is 661 g/mol. The van der Waals surface area contributed by atoms with Crippen molar-refractivity contribution < 1.29 is 44.3 Å². The number of nitrogens with one attached hydrogen (secondary N) is 2. The minimum absolute atomic E-state index is 0.0313. The molecule has 3 aromatic rings. The second-order valence-electron chi connectivity index (χ2n) is 9.55. The molecule has 0 atom stereocenters. The van der Waals surface area contributed by atoms with Crippen LogP contribution < -0.4 is 20.5 Å². The van der Waals surface area contributed by atoms with Crippen LogP contribution >= 0.6 is 11.3 Å². The van der Waals surface area contributed by atoms with Crippen LogP contribution in [0.15, 0.2) is 58.8 Å². The Balaban J connectivity index is 1.45. The van der Waals surface area contributed by atoms with Crippen LogP contribution in [0.1, 0.15) is 49.9 Å². The van der Waals surface area contributed by atoms with E-state index in [0.29, 0.717) is 21.8 Å². The summed E-state index contributed by atoms with van der Waals surface area (Å²) in [5.41, 5.74) is 0.402. The SMILES string of the molecule is COc1cccc(C(=O)NCc2cc(C(N)=O)c(S(=O)(=O)N3CCC(c4cccc(NS(=O)(=O)C(F)(F)F)c4)CC3)s2)c1. The topological polar surface area (TPSA) is 165 Å². The number of ether oxygens (including phenoxy) is 1. The van der Waals surface area contributed by atoms with Gasteiger partial charge in [-0.1, -0.05) is 18.2 Å². The molecular weight excluding hydrogens is 634 g/mol. The maximum Gasteiger partial charge on any atom is 0.516 e. The van der Waals surface area contributed by atoms with Gasteiger partial charge < -0.3 is 15.8 Å². The zero-order valence-corrected chi connectivity index (χ0v) is 25.0. The first-order valence-electron chi connectivity index (χ1n) is 12.7. The van der Waals surface area contributed by atoms with Crippen LogP contribution in [0, 0.1) is 0 Å². The van der Waals surface area contributed by atoms with Crippen molar-refractivity contribution in [2.24, 2.45) is 5.73 Å². The van der Waals surface area contributed by atoms with Gasteiger partial charge in [-0.2, -0.15) is 25.9 Å². The van der Waals surface area contributed by atoms with Crippen molar-refractivity contribution in [2.75, 3.05) is 24.9 Å². The van der Waals surface area contributed by atoms with Crippen LogP contribution in [0.25, 0.3) is 0 Å². The number of piperidine rings is 1. The van der Waals surface area contributed by atoms with Crippen molar-refractivity contribution in [1.29, 1.82) is 0 Å². The Morgan fingerprint density at radius 2 is 1.72 bits per heavy atom. The molecule has 2 aromatic carbocycles. The Hall–Kier alpha value is -3.67. The first-order chi connectivity index (χ1) is 20.1. The molecule has 1 aliphatic rings. The van der Waals surface area contributed by atoms with Crippen LogP contribution in [-0.2, 0) is 26.6 Å². The number of sulfonamides is 2. The summed E-state index contributed by atoms with van der Waals surface area (Å²) < 4.78 is 95.9. The van der Waals surface area contributed by atoms with Gasteiger partial charge in [0.2, 0.25) is 0 Å². The standard InChI is InChI=1S/C26H27F3N4O7S3/c1-40-20-7-3-5-18(13-20)24(35)31-15-21-14-22(23(30)34)25(41-21)42(36,37)33-10-8-16(9-11-33)17-4-2-6-19(12-17)32-43(38,39)26(27,28)29/h2-7,12-14,16,32H,8-11,15H2,1H3,(H2,30,34)(H,31,35). The van der Waals surface area contributed by atoms with Crippen LogP contribution in [0.4, 0.5) is 18.9 Å². The number of thiophene rings is 1. The molecule has 0 saturated carbocycles. The highest BCUT2D eigenvalue weighted by atomic mass is 32.2. The van der Waals surface area contributed by atoms with E-state index < -0.39 is 37.4 Å². The van der Waals surface area contributed by atoms with Crippen LogP contribution in [0.3, 0.4) is 0 Å². The Labute approximate surface area is 249 Å². The normalized spacial score (nSPS) is 15.2. The predicted octanol–water partition coefficient (Wildman–Crippen LogP) is 3.62. The van der Waals surface area contributed by atoms with Crippen molar-refractivity contribution in [3.8, 4) is 5.75 Å². The highest BCUT2D eigenvalue weighted by molar-refractivity contribution is 7.93. The Morgan fingerprint density at radius 3 is 2.35 bits per heavy atom. The number of hydrogen-bond donors (Lipinski definition) is 3. The van der Waals surface area contributed by atoms with E-state index in [1.807, 2.05) is 0 Å². The van der Waals surface area contributed by atoms with E-state index in [0.717, 1.165) is 11.3 Å². The molecule has 0 unspecified atom stereocenters. The minimum Gasteiger partial charge on any atom is -0.497 e. The minimum atomic E-state index is -5.59. The highest BCUT2D eigenvalue weighted by Crippen LogP contribution is 2.36. The number of nitrogens with zero attached hydrogens (tertiary/aromatic N) is 1. The number of rotatable bonds is 10. The van der Waals surface area contributed by atoms with Gasteiger partial charge in [0, 0.05) is 29.2 Å². The zero-order valence-electron chi connectivity index (χ0n) is 22.5. The summed E-state index contributed by atoms with van der Waals surface area (Å²) in [6, 6.07) is 13.3.